The Morgan fingerprint density at radius 3 is 2.45 bits per heavy atom. The monoisotopic (exact) mass is 419 g/mol. The smallest absolute Gasteiger partial charge is 0.256 e. The van der Waals surface area contributed by atoms with Crippen LogP contribution in [0.15, 0.2) is 66.9 Å². The van der Waals surface area contributed by atoms with E-state index in [0.29, 0.717) is 40.7 Å². The van der Waals surface area contributed by atoms with Crippen LogP contribution in [0.25, 0.3) is 0 Å². The minimum Gasteiger partial charge on any atom is -0.493 e. The number of hydrogen-bond donors (Lipinski definition) is 2. The normalized spacial score (nSPS) is 10.3. The molecule has 3 aromatic rings. The fourth-order valence-corrected chi connectivity index (χ4v) is 2.82. The molecule has 0 saturated carbocycles. The summed E-state index contributed by atoms with van der Waals surface area (Å²) in [6.07, 6.45) is 3.57. The molecule has 1 heterocycles. The third kappa shape index (κ3) is 6.05. The molecular formula is C24H25N3O4. The van der Waals surface area contributed by atoms with E-state index < -0.39 is 0 Å². The van der Waals surface area contributed by atoms with E-state index in [1.54, 1.807) is 66.9 Å². The second-order valence-electron chi connectivity index (χ2n) is 6.77. The summed E-state index contributed by atoms with van der Waals surface area (Å²) in [5.41, 5.74) is 1.32. The van der Waals surface area contributed by atoms with Crippen LogP contribution in [-0.4, -0.2) is 30.5 Å². The van der Waals surface area contributed by atoms with E-state index in [9.17, 15) is 9.59 Å². The number of rotatable bonds is 9. The molecule has 0 aliphatic carbocycles. The predicted molar refractivity (Wildman–Crippen MR) is 120 cm³/mol. The zero-order chi connectivity index (χ0) is 22.1. The summed E-state index contributed by atoms with van der Waals surface area (Å²) in [6.45, 7) is 2.68. The van der Waals surface area contributed by atoms with Crippen LogP contribution in [0, 0.1) is 0 Å². The number of carbonyl (C=O) groups excluding carboxylic acids is 2. The summed E-state index contributed by atoms with van der Waals surface area (Å²) in [4.78, 5) is 29.2. The maximum atomic E-state index is 12.7. The van der Waals surface area contributed by atoms with Crippen molar-refractivity contribution >= 4 is 23.3 Å². The summed E-state index contributed by atoms with van der Waals surface area (Å²) in [6, 6.07) is 17.0. The Labute approximate surface area is 181 Å². The Morgan fingerprint density at radius 2 is 1.71 bits per heavy atom. The van der Waals surface area contributed by atoms with Gasteiger partial charge in [-0.1, -0.05) is 25.5 Å². The van der Waals surface area contributed by atoms with Gasteiger partial charge in [0.05, 0.1) is 13.7 Å². The number of anilines is 2. The molecule has 0 fully saturated rings. The summed E-state index contributed by atoms with van der Waals surface area (Å²) in [5.74, 6) is 0.911. The van der Waals surface area contributed by atoms with Gasteiger partial charge in [-0.25, -0.2) is 4.98 Å². The highest BCUT2D eigenvalue weighted by atomic mass is 16.5. The van der Waals surface area contributed by atoms with Gasteiger partial charge in [0.2, 0.25) is 0 Å². The van der Waals surface area contributed by atoms with Crippen LogP contribution in [0.5, 0.6) is 11.5 Å². The molecular weight excluding hydrogens is 394 g/mol. The number of carbonyl (C=O) groups is 2. The number of amides is 2. The maximum absolute atomic E-state index is 12.7. The first kappa shape index (κ1) is 21.8. The number of aromatic nitrogens is 1. The lowest BCUT2D eigenvalue weighted by Crippen LogP contribution is -2.15. The second-order valence-corrected chi connectivity index (χ2v) is 6.77. The lowest BCUT2D eigenvalue weighted by molar-refractivity contribution is 0.101. The summed E-state index contributed by atoms with van der Waals surface area (Å²) >= 11 is 0. The zero-order valence-corrected chi connectivity index (χ0v) is 17.6. The SMILES string of the molecule is CCCCOc1ccc(C(=O)Nc2cccc(C(=O)Nc3ccccn3)c2)cc1OC. The minimum atomic E-state index is -0.319. The lowest BCUT2D eigenvalue weighted by Gasteiger charge is -2.12. The average Bonchev–Trinajstić information content (AvgIpc) is 2.80. The third-order valence-corrected chi connectivity index (χ3v) is 4.47. The number of benzene rings is 2. The van der Waals surface area contributed by atoms with Crippen molar-refractivity contribution < 1.29 is 19.1 Å². The van der Waals surface area contributed by atoms with Gasteiger partial charge in [0.15, 0.2) is 11.5 Å². The first-order valence-corrected chi connectivity index (χ1v) is 10.1. The van der Waals surface area contributed by atoms with E-state index in [4.69, 9.17) is 9.47 Å². The molecule has 2 N–H and O–H groups in total. The molecule has 3 rings (SSSR count). The second kappa shape index (κ2) is 10.8. The van der Waals surface area contributed by atoms with Crippen LogP contribution in [0.3, 0.4) is 0 Å². The van der Waals surface area contributed by atoms with E-state index in [0.717, 1.165) is 12.8 Å². The van der Waals surface area contributed by atoms with E-state index >= 15 is 0 Å². The van der Waals surface area contributed by atoms with Crippen LogP contribution in [0.4, 0.5) is 11.5 Å². The van der Waals surface area contributed by atoms with Crippen molar-refractivity contribution in [3.63, 3.8) is 0 Å². The van der Waals surface area contributed by atoms with Crippen LogP contribution in [0.1, 0.15) is 40.5 Å². The summed E-state index contributed by atoms with van der Waals surface area (Å²) < 4.78 is 11.1. The molecule has 0 aliphatic heterocycles. The Morgan fingerprint density at radius 1 is 0.903 bits per heavy atom. The van der Waals surface area contributed by atoms with E-state index in [1.165, 1.54) is 7.11 Å². The first-order valence-electron chi connectivity index (χ1n) is 10.1. The molecule has 160 valence electrons. The van der Waals surface area contributed by atoms with Crippen molar-refractivity contribution in [3.05, 3.63) is 78.0 Å². The molecule has 7 nitrogen and oxygen atoms in total. The molecule has 0 atom stereocenters. The Bertz CT molecular complexity index is 1040. The maximum Gasteiger partial charge on any atom is 0.256 e. The van der Waals surface area contributed by atoms with Crippen molar-refractivity contribution in [2.45, 2.75) is 19.8 Å². The molecule has 0 saturated heterocycles. The zero-order valence-electron chi connectivity index (χ0n) is 17.6. The molecule has 0 spiro atoms. The van der Waals surface area contributed by atoms with Gasteiger partial charge in [-0.05, 0) is 55.0 Å². The number of nitrogens with one attached hydrogen (secondary N) is 2. The highest BCUT2D eigenvalue weighted by molar-refractivity contribution is 6.07. The fraction of sp³-hybridized carbons (Fsp3) is 0.208. The van der Waals surface area contributed by atoms with Crippen LogP contribution >= 0.6 is 0 Å². The van der Waals surface area contributed by atoms with E-state index in [2.05, 4.69) is 22.5 Å². The predicted octanol–water partition coefficient (Wildman–Crippen LogP) is 4.77. The van der Waals surface area contributed by atoms with E-state index in [-0.39, 0.29) is 11.8 Å². The Balaban J connectivity index is 1.69. The molecule has 2 aromatic carbocycles. The van der Waals surface area contributed by atoms with Gasteiger partial charge in [-0.15, -0.1) is 0 Å². The minimum absolute atomic E-state index is 0.315. The van der Waals surface area contributed by atoms with Crippen molar-refractivity contribution in [1.29, 1.82) is 0 Å². The van der Waals surface area contributed by atoms with Gasteiger partial charge in [0, 0.05) is 23.0 Å². The number of nitrogens with zero attached hydrogens (tertiary/aromatic N) is 1. The van der Waals surface area contributed by atoms with Crippen LogP contribution in [0.2, 0.25) is 0 Å². The molecule has 31 heavy (non-hydrogen) atoms. The number of unbranched alkanes of at least 4 members (excludes halogenated alkanes) is 1. The molecule has 2 amide bonds. The molecule has 7 heteroatoms. The fourth-order valence-electron chi connectivity index (χ4n) is 2.82. The van der Waals surface area contributed by atoms with Gasteiger partial charge in [0.1, 0.15) is 5.82 Å². The number of pyridine rings is 1. The molecule has 0 unspecified atom stereocenters. The quantitative estimate of drug-likeness (QED) is 0.488. The van der Waals surface area contributed by atoms with Crippen LogP contribution < -0.4 is 20.1 Å². The van der Waals surface area contributed by atoms with Crippen LogP contribution in [-0.2, 0) is 0 Å². The van der Waals surface area contributed by atoms with Crippen molar-refractivity contribution in [3.8, 4) is 11.5 Å². The molecule has 1 aromatic heterocycles. The highest BCUT2D eigenvalue weighted by Gasteiger charge is 2.13. The molecule has 0 aliphatic rings. The standard InChI is InChI=1S/C24H25N3O4/c1-3-4-14-31-20-12-11-18(16-21(20)30-2)23(28)26-19-9-7-8-17(15-19)24(29)27-22-10-5-6-13-25-22/h5-13,15-16H,3-4,14H2,1-2H3,(H,26,28)(H,25,27,29). The lowest BCUT2D eigenvalue weighted by atomic mass is 10.1. The Hall–Kier alpha value is -3.87. The van der Waals surface area contributed by atoms with Gasteiger partial charge in [0.25, 0.3) is 11.8 Å². The number of methoxy groups -OCH3 is 1. The highest BCUT2D eigenvalue weighted by Crippen LogP contribution is 2.28. The van der Waals surface area contributed by atoms with Gasteiger partial charge < -0.3 is 20.1 Å². The number of hydrogen-bond acceptors (Lipinski definition) is 5. The van der Waals surface area contributed by atoms with E-state index in [1.807, 2.05) is 0 Å². The average molecular weight is 419 g/mol. The Kier molecular flexibility index (Phi) is 7.59. The largest absolute Gasteiger partial charge is 0.493 e. The van der Waals surface area contributed by atoms with Gasteiger partial charge in [-0.2, -0.15) is 0 Å². The van der Waals surface area contributed by atoms with Gasteiger partial charge >= 0.3 is 0 Å². The third-order valence-electron chi connectivity index (χ3n) is 4.47. The number of ether oxygens (including phenoxy) is 2. The van der Waals surface area contributed by atoms with Crippen molar-refractivity contribution in [1.82, 2.24) is 4.98 Å². The van der Waals surface area contributed by atoms with Gasteiger partial charge in [-0.3, -0.25) is 9.59 Å². The molecule has 0 radical (unpaired) electrons. The summed E-state index contributed by atoms with van der Waals surface area (Å²) in [5, 5.41) is 5.53. The van der Waals surface area contributed by atoms with Crippen molar-refractivity contribution in [2.24, 2.45) is 0 Å². The summed E-state index contributed by atoms with van der Waals surface area (Å²) in [7, 11) is 1.54. The first-order chi connectivity index (χ1) is 15.1. The van der Waals surface area contributed by atoms with Crippen molar-refractivity contribution in [2.75, 3.05) is 24.4 Å². The topological polar surface area (TPSA) is 89.5 Å². The molecule has 0 bridgehead atoms.